The minimum Gasteiger partial charge on any atom is -0.448 e. The molecule has 0 unspecified atom stereocenters. The first-order chi connectivity index (χ1) is 12.1. The summed E-state index contributed by atoms with van der Waals surface area (Å²) in [6.07, 6.45) is -1.07. The van der Waals surface area contributed by atoms with Crippen molar-refractivity contribution in [2.24, 2.45) is 0 Å². The number of hydrogen-bond donors (Lipinski definition) is 1. The van der Waals surface area contributed by atoms with Crippen LogP contribution in [0.2, 0.25) is 4.34 Å². The number of hydrogen-bond acceptors (Lipinski definition) is 6. The highest BCUT2D eigenvalue weighted by molar-refractivity contribution is 7.89. The Balaban J connectivity index is 2.06. The van der Waals surface area contributed by atoms with Gasteiger partial charge in [0.05, 0.1) is 9.23 Å². The second-order valence-corrected chi connectivity index (χ2v) is 9.32. The van der Waals surface area contributed by atoms with Gasteiger partial charge in [-0.25, -0.2) is 17.5 Å². The van der Waals surface area contributed by atoms with Gasteiger partial charge in [0.15, 0.2) is 6.10 Å². The molecule has 1 atom stereocenters. The number of anilines is 1. The van der Waals surface area contributed by atoms with E-state index in [0.717, 1.165) is 15.6 Å². The van der Waals surface area contributed by atoms with E-state index in [0.29, 0.717) is 4.34 Å². The van der Waals surface area contributed by atoms with E-state index in [1.807, 2.05) is 0 Å². The molecule has 10 heteroatoms. The highest BCUT2D eigenvalue weighted by atomic mass is 35.5. The molecule has 0 fully saturated rings. The summed E-state index contributed by atoms with van der Waals surface area (Å²) in [6, 6.07) is 8.88. The molecule has 0 aliphatic carbocycles. The molecule has 0 saturated carbocycles. The van der Waals surface area contributed by atoms with Crippen LogP contribution in [0.5, 0.6) is 0 Å². The predicted molar refractivity (Wildman–Crippen MR) is 100 cm³/mol. The van der Waals surface area contributed by atoms with Crippen LogP contribution in [0.15, 0.2) is 41.3 Å². The monoisotopic (exact) mass is 416 g/mol. The fourth-order valence-corrected chi connectivity index (χ4v) is 3.76. The van der Waals surface area contributed by atoms with Crippen molar-refractivity contribution in [2.45, 2.75) is 17.9 Å². The van der Waals surface area contributed by atoms with E-state index in [4.69, 9.17) is 16.3 Å². The van der Waals surface area contributed by atoms with Crippen LogP contribution >= 0.6 is 22.9 Å². The second kappa shape index (κ2) is 8.17. The van der Waals surface area contributed by atoms with Gasteiger partial charge < -0.3 is 10.1 Å². The van der Waals surface area contributed by atoms with Crippen LogP contribution in [-0.2, 0) is 19.6 Å². The number of nitrogens with zero attached hydrogens (tertiary/aromatic N) is 1. The van der Waals surface area contributed by atoms with Gasteiger partial charge in [-0.15, -0.1) is 11.3 Å². The summed E-state index contributed by atoms with van der Waals surface area (Å²) >= 11 is 6.81. The molecule has 26 heavy (non-hydrogen) atoms. The first kappa shape index (κ1) is 20.4. The standard InChI is InChI=1S/C16H17ClN2O5S2/c1-10(24-16(21)13-7-8-14(17)25-13)15(20)18-11-5-4-6-12(9-11)26(22,23)19(2)3/h4-10H,1-3H3,(H,18,20)/t10-/m0/s1. The minimum atomic E-state index is -3.62. The molecule has 1 aromatic carbocycles. The van der Waals surface area contributed by atoms with Crippen molar-refractivity contribution in [2.75, 3.05) is 19.4 Å². The molecule has 0 spiro atoms. The fraction of sp³-hybridized carbons (Fsp3) is 0.250. The summed E-state index contributed by atoms with van der Waals surface area (Å²) in [5.41, 5.74) is 0.278. The minimum absolute atomic E-state index is 0.0400. The third-order valence-electron chi connectivity index (χ3n) is 3.31. The summed E-state index contributed by atoms with van der Waals surface area (Å²) in [4.78, 5) is 24.5. The van der Waals surface area contributed by atoms with Crippen LogP contribution in [-0.4, -0.2) is 44.8 Å². The molecule has 140 valence electrons. The first-order valence-electron chi connectivity index (χ1n) is 7.41. The zero-order valence-corrected chi connectivity index (χ0v) is 16.6. The normalized spacial score (nSPS) is 12.7. The van der Waals surface area contributed by atoms with Crippen LogP contribution in [0, 0.1) is 0 Å². The van der Waals surface area contributed by atoms with Gasteiger partial charge in [0.1, 0.15) is 4.88 Å². The van der Waals surface area contributed by atoms with E-state index in [2.05, 4.69) is 5.32 Å². The summed E-state index contributed by atoms with van der Waals surface area (Å²) in [6.45, 7) is 1.42. The summed E-state index contributed by atoms with van der Waals surface area (Å²) in [7, 11) is -0.791. The lowest BCUT2D eigenvalue weighted by molar-refractivity contribution is -0.123. The van der Waals surface area contributed by atoms with E-state index in [-0.39, 0.29) is 15.5 Å². The van der Waals surface area contributed by atoms with Crippen LogP contribution in [0.1, 0.15) is 16.6 Å². The molecule has 0 bridgehead atoms. The van der Waals surface area contributed by atoms with Crippen LogP contribution in [0.3, 0.4) is 0 Å². The Morgan fingerprint density at radius 3 is 2.50 bits per heavy atom. The number of carbonyl (C=O) groups excluding carboxylic acids is 2. The average Bonchev–Trinajstić information content (AvgIpc) is 3.01. The van der Waals surface area contributed by atoms with Crippen molar-refractivity contribution >= 4 is 50.5 Å². The number of ether oxygens (including phenoxy) is 1. The van der Waals surface area contributed by atoms with E-state index < -0.39 is 28.0 Å². The van der Waals surface area contributed by atoms with Crippen molar-refractivity contribution in [1.82, 2.24) is 4.31 Å². The van der Waals surface area contributed by atoms with Crippen molar-refractivity contribution in [3.05, 3.63) is 45.6 Å². The molecule has 1 amide bonds. The summed E-state index contributed by atoms with van der Waals surface area (Å²) in [5, 5.41) is 2.53. The fourth-order valence-electron chi connectivity index (χ4n) is 1.89. The average molecular weight is 417 g/mol. The number of amides is 1. The van der Waals surface area contributed by atoms with Gasteiger partial charge in [0.25, 0.3) is 5.91 Å². The van der Waals surface area contributed by atoms with Crippen LogP contribution < -0.4 is 5.32 Å². The second-order valence-electron chi connectivity index (χ2n) is 5.46. The highest BCUT2D eigenvalue weighted by Gasteiger charge is 2.21. The number of benzene rings is 1. The Morgan fingerprint density at radius 1 is 1.23 bits per heavy atom. The zero-order chi connectivity index (χ0) is 19.5. The van der Waals surface area contributed by atoms with Crippen molar-refractivity contribution in [3.63, 3.8) is 0 Å². The molecule has 0 aliphatic heterocycles. The maximum atomic E-state index is 12.2. The van der Waals surface area contributed by atoms with Gasteiger partial charge in [-0.3, -0.25) is 4.79 Å². The SMILES string of the molecule is C[C@H](OC(=O)c1ccc(Cl)s1)C(=O)Nc1cccc(S(=O)(=O)N(C)C)c1. The van der Waals surface area contributed by atoms with E-state index in [1.165, 1.54) is 45.3 Å². The maximum Gasteiger partial charge on any atom is 0.349 e. The zero-order valence-electron chi connectivity index (χ0n) is 14.2. The molecule has 1 N–H and O–H groups in total. The van der Waals surface area contributed by atoms with Gasteiger partial charge in [-0.1, -0.05) is 17.7 Å². The maximum absolute atomic E-state index is 12.2. The first-order valence-corrected chi connectivity index (χ1v) is 10.0. The molecule has 7 nitrogen and oxygen atoms in total. The summed E-state index contributed by atoms with van der Waals surface area (Å²) < 4.78 is 30.9. The number of esters is 1. The molecule has 0 aliphatic rings. The molecule has 0 saturated heterocycles. The third kappa shape index (κ3) is 4.82. The molecule has 1 aromatic heterocycles. The van der Waals surface area contributed by atoms with E-state index >= 15 is 0 Å². The molecular formula is C16H17ClN2O5S2. The van der Waals surface area contributed by atoms with Gasteiger partial charge in [-0.2, -0.15) is 0 Å². The number of carbonyl (C=O) groups is 2. The lowest BCUT2D eigenvalue weighted by atomic mass is 10.3. The van der Waals surface area contributed by atoms with Crippen molar-refractivity contribution in [3.8, 4) is 0 Å². The van der Waals surface area contributed by atoms with Crippen molar-refractivity contribution < 1.29 is 22.7 Å². The Kier molecular flexibility index (Phi) is 6.40. The third-order valence-corrected chi connectivity index (χ3v) is 6.33. The van der Waals surface area contributed by atoms with Gasteiger partial charge in [0, 0.05) is 19.8 Å². The largest absolute Gasteiger partial charge is 0.448 e. The Morgan fingerprint density at radius 2 is 1.92 bits per heavy atom. The molecule has 2 rings (SSSR count). The lowest BCUT2D eigenvalue weighted by Gasteiger charge is -2.15. The quantitative estimate of drug-likeness (QED) is 0.731. The number of rotatable bonds is 6. The molecular weight excluding hydrogens is 400 g/mol. The molecule has 0 radical (unpaired) electrons. The number of nitrogens with one attached hydrogen (secondary N) is 1. The number of sulfonamides is 1. The number of halogens is 1. The number of thiophene rings is 1. The Hall–Kier alpha value is -1.94. The Labute approximate surface area is 160 Å². The van der Waals surface area contributed by atoms with Gasteiger partial charge in [0.2, 0.25) is 10.0 Å². The smallest absolute Gasteiger partial charge is 0.349 e. The summed E-state index contributed by atoms with van der Waals surface area (Å²) in [5.74, 6) is -1.24. The van der Waals surface area contributed by atoms with Crippen LogP contribution in [0.25, 0.3) is 0 Å². The lowest BCUT2D eigenvalue weighted by Crippen LogP contribution is -2.30. The van der Waals surface area contributed by atoms with E-state index in [9.17, 15) is 18.0 Å². The predicted octanol–water partition coefficient (Wildman–Crippen LogP) is 2.84. The topological polar surface area (TPSA) is 92.8 Å². The van der Waals surface area contributed by atoms with Crippen LogP contribution in [0.4, 0.5) is 5.69 Å². The van der Waals surface area contributed by atoms with Crippen molar-refractivity contribution in [1.29, 1.82) is 0 Å². The van der Waals surface area contributed by atoms with E-state index in [1.54, 1.807) is 12.1 Å². The van der Waals surface area contributed by atoms with Gasteiger partial charge in [-0.05, 0) is 37.3 Å². The highest BCUT2D eigenvalue weighted by Crippen LogP contribution is 2.23. The molecule has 1 heterocycles. The van der Waals surface area contributed by atoms with Gasteiger partial charge >= 0.3 is 5.97 Å². The molecule has 2 aromatic rings. The Bertz CT molecular complexity index is 924.